The van der Waals surface area contributed by atoms with Crippen molar-refractivity contribution < 1.29 is 9.53 Å². The second-order valence-corrected chi connectivity index (χ2v) is 2.34. The summed E-state index contributed by atoms with van der Waals surface area (Å²) in [6.45, 7) is 2.58. The van der Waals surface area contributed by atoms with E-state index in [0.717, 1.165) is 6.42 Å². The number of hydrazine groups is 1. The van der Waals surface area contributed by atoms with Gasteiger partial charge in [0.15, 0.2) is 0 Å². The quantitative estimate of drug-likeness (QED) is 0.316. The Labute approximate surface area is 59.7 Å². The minimum Gasteiger partial charge on any atom is -0.378 e. The van der Waals surface area contributed by atoms with Crippen LogP contribution in [0.2, 0.25) is 0 Å². The van der Waals surface area contributed by atoms with E-state index in [1.165, 1.54) is 0 Å². The first-order valence-corrected chi connectivity index (χ1v) is 3.41. The molecule has 4 nitrogen and oxygen atoms in total. The van der Waals surface area contributed by atoms with E-state index in [1.54, 1.807) is 0 Å². The molecule has 10 heavy (non-hydrogen) atoms. The smallest absolute Gasteiger partial charge is 0.239 e. The van der Waals surface area contributed by atoms with Crippen molar-refractivity contribution in [2.75, 3.05) is 6.61 Å². The van der Waals surface area contributed by atoms with E-state index in [4.69, 9.17) is 10.6 Å². The second kappa shape index (κ2) is 2.98. The van der Waals surface area contributed by atoms with E-state index in [0.29, 0.717) is 6.61 Å². The Kier molecular flexibility index (Phi) is 2.24. The van der Waals surface area contributed by atoms with Crippen LogP contribution < -0.4 is 11.3 Å². The van der Waals surface area contributed by atoms with Gasteiger partial charge in [0, 0.05) is 6.61 Å². The maximum Gasteiger partial charge on any atom is 0.239 e. The van der Waals surface area contributed by atoms with Crippen molar-refractivity contribution in [1.29, 1.82) is 0 Å². The van der Waals surface area contributed by atoms with Crippen molar-refractivity contribution in [2.24, 2.45) is 11.8 Å². The number of amides is 1. The molecule has 0 aromatic carbocycles. The number of carbonyl (C=O) groups excluding carboxylic acids is 1. The molecule has 1 fully saturated rings. The van der Waals surface area contributed by atoms with Gasteiger partial charge in [0.25, 0.3) is 0 Å². The summed E-state index contributed by atoms with van der Waals surface area (Å²) in [5.74, 6) is 4.81. The summed E-state index contributed by atoms with van der Waals surface area (Å²) in [6.07, 6.45) is 0.935. The Morgan fingerprint density at radius 2 is 2.60 bits per heavy atom. The third-order valence-electron chi connectivity index (χ3n) is 1.59. The molecule has 1 amide bonds. The fraction of sp³-hybridized carbons (Fsp3) is 0.833. The van der Waals surface area contributed by atoms with Gasteiger partial charge in [0.2, 0.25) is 5.91 Å². The fourth-order valence-corrected chi connectivity index (χ4v) is 0.953. The van der Waals surface area contributed by atoms with Gasteiger partial charge in [0.05, 0.1) is 12.0 Å². The third kappa shape index (κ3) is 1.46. The Bertz CT molecular complexity index is 138. The lowest BCUT2D eigenvalue weighted by molar-refractivity contribution is -0.123. The van der Waals surface area contributed by atoms with E-state index >= 15 is 0 Å². The molecule has 1 saturated carbocycles. The number of carbonyl (C=O) groups is 1. The summed E-state index contributed by atoms with van der Waals surface area (Å²) in [5, 5.41) is 0. The minimum atomic E-state index is -0.113. The monoisotopic (exact) mass is 144 g/mol. The highest BCUT2D eigenvalue weighted by Gasteiger charge is 2.43. The number of hydrogen-bond donors (Lipinski definition) is 2. The third-order valence-corrected chi connectivity index (χ3v) is 1.59. The number of rotatable bonds is 3. The van der Waals surface area contributed by atoms with Crippen LogP contribution in [0, 0.1) is 5.92 Å². The minimum absolute atomic E-state index is 0.00458. The van der Waals surface area contributed by atoms with Gasteiger partial charge in [-0.3, -0.25) is 10.2 Å². The van der Waals surface area contributed by atoms with Crippen LogP contribution in [0.4, 0.5) is 0 Å². The molecule has 1 aliphatic carbocycles. The molecular weight excluding hydrogens is 132 g/mol. The Morgan fingerprint density at radius 1 is 1.90 bits per heavy atom. The van der Waals surface area contributed by atoms with Crippen LogP contribution in [0.15, 0.2) is 0 Å². The molecule has 0 heterocycles. The van der Waals surface area contributed by atoms with E-state index in [9.17, 15) is 4.79 Å². The highest BCUT2D eigenvalue weighted by atomic mass is 16.5. The van der Waals surface area contributed by atoms with Crippen LogP contribution in [0.1, 0.15) is 13.3 Å². The van der Waals surface area contributed by atoms with Crippen LogP contribution >= 0.6 is 0 Å². The Hall–Kier alpha value is -0.610. The van der Waals surface area contributed by atoms with Crippen molar-refractivity contribution in [3.63, 3.8) is 0 Å². The summed E-state index contributed by atoms with van der Waals surface area (Å²) in [5.41, 5.74) is 2.10. The summed E-state index contributed by atoms with van der Waals surface area (Å²) in [4.78, 5) is 10.7. The lowest BCUT2D eigenvalue weighted by Gasteiger charge is -1.97. The average molecular weight is 144 g/mol. The number of hydrogen-bond acceptors (Lipinski definition) is 3. The highest BCUT2D eigenvalue weighted by molar-refractivity contribution is 5.81. The number of nitrogens with one attached hydrogen (secondary N) is 1. The van der Waals surface area contributed by atoms with Crippen LogP contribution in [-0.4, -0.2) is 18.6 Å². The van der Waals surface area contributed by atoms with Gasteiger partial charge in [0.1, 0.15) is 0 Å². The molecule has 1 aliphatic rings. The van der Waals surface area contributed by atoms with Gasteiger partial charge in [-0.05, 0) is 13.3 Å². The first-order chi connectivity index (χ1) is 4.79. The van der Waals surface area contributed by atoms with Crippen molar-refractivity contribution in [1.82, 2.24) is 5.43 Å². The standard InChI is InChI=1S/C6H12N2O2/c1-2-10-5-3-4(5)6(9)8-7/h4-5H,2-3,7H2,1H3,(H,8,9). The first kappa shape index (κ1) is 7.50. The molecular formula is C6H12N2O2. The molecule has 2 unspecified atom stereocenters. The van der Waals surface area contributed by atoms with Gasteiger partial charge < -0.3 is 4.74 Å². The molecule has 3 N–H and O–H groups in total. The second-order valence-electron chi connectivity index (χ2n) is 2.34. The molecule has 0 saturated heterocycles. The van der Waals surface area contributed by atoms with Gasteiger partial charge in [-0.2, -0.15) is 0 Å². The van der Waals surface area contributed by atoms with Crippen LogP contribution in [0.25, 0.3) is 0 Å². The largest absolute Gasteiger partial charge is 0.378 e. The van der Waals surface area contributed by atoms with Crippen molar-refractivity contribution in [3.8, 4) is 0 Å². The summed E-state index contributed by atoms with van der Waals surface area (Å²) < 4.78 is 5.17. The molecule has 0 aromatic heterocycles. The van der Waals surface area contributed by atoms with Crippen LogP contribution in [-0.2, 0) is 9.53 Å². The molecule has 58 valence electrons. The summed E-state index contributed by atoms with van der Waals surface area (Å²) in [6, 6.07) is 0. The zero-order valence-electron chi connectivity index (χ0n) is 5.96. The van der Waals surface area contributed by atoms with Crippen LogP contribution in [0.3, 0.4) is 0 Å². The lowest BCUT2D eigenvalue weighted by Crippen LogP contribution is -2.32. The Morgan fingerprint density at radius 3 is 3.10 bits per heavy atom. The van der Waals surface area contributed by atoms with Crippen molar-refractivity contribution >= 4 is 5.91 Å². The number of ether oxygens (including phenoxy) is 1. The number of nitrogens with two attached hydrogens (primary N) is 1. The lowest BCUT2D eigenvalue weighted by atomic mass is 10.4. The van der Waals surface area contributed by atoms with Crippen molar-refractivity contribution in [2.45, 2.75) is 19.4 Å². The maximum absolute atomic E-state index is 10.7. The average Bonchev–Trinajstić information content (AvgIpc) is 2.67. The fourth-order valence-electron chi connectivity index (χ4n) is 0.953. The highest BCUT2D eigenvalue weighted by Crippen LogP contribution is 2.33. The van der Waals surface area contributed by atoms with E-state index in [2.05, 4.69) is 5.43 Å². The van der Waals surface area contributed by atoms with E-state index in [1.807, 2.05) is 6.92 Å². The van der Waals surface area contributed by atoms with E-state index < -0.39 is 0 Å². The topological polar surface area (TPSA) is 64.3 Å². The molecule has 4 heteroatoms. The summed E-state index contributed by atoms with van der Waals surface area (Å²) >= 11 is 0. The van der Waals surface area contributed by atoms with Gasteiger partial charge in [-0.25, -0.2) is 5.84 Å². The predicted molar refractivity (Wildman–Crippen MR) is 35.9 cm³/mol. The molecule has 0 aliphatic heterocycles. The normalized spacial score (nSPS) is 29.8. The zero-order valence-corrected chi connectivity index (χ0v) is 5.96. The molecule has 0 aromatic rings. The molecule has 0 spiro atoms. The van der Waals surface area contributed by atoms with Gasteiger partial charge in [-0.15, -0.1) is 0 Å². The molecule has 0 bridgehead atoms. The Balaban J connectivity index is 2.18. The molecule has 2 atom stereocenters. The predicted octanol–water partition coefficient (Wildman–Crippen LogP) is -0.599. The van der Waals surface area contributed by atoms with Crippen molar-refractivity contribution in [3.05, 3.63) is 0 Å². The van der Waals surface area contributed by atoms with Crippen LogP contribution in [0.5, 0.6) is 0 Å². The van der Waals surface area contributed by atoms with Gasteiger partial charge in [-0.1, -0.05) is 0 Å². The van der Waals surface area contributed by atoms with E-state index in [-0.39, 0.29) is 17.9 Å². The van der Waals surface area contributed by atoms with Gasteiger partial charge >= 0.3 is 0 Å². The SMILES string of the molecule is CCOC1CC1C(=O)NN. The molecule has 1 rings (SSSR count). The molecule has 0 radical (unpaired) electrons. The maximum atomic E-state index is 10.7. The summed E-state index contributed by atoms with van der Waals surface area (Å²) in [7, 11) is 0. The first-order valence-electron chi connectivity index (χ1n) is 3.41. The zero-order chi connectivity index (χ0) is 7.56.